The third-order valence-corrected chi connectivity index (χ3v) is 2.79. The Hall–Kier alpha value is 0.250. The molecule has 0 amide bonds. The first-order chi connectivity index (χ1) is 3.81. The van der Waals surface area contributed by atoms with Crippen molar-refractivity contribution in [3.05, 3.63) is 0 Å². The van der Waals surface area contributed by atoms with E-state index < -0.39 is 0 Å². The molecule has 1 aliphatic heterocycles. The Kier molecular flexibility index (Phi) is 0.884. The number of ether oxygens (including phenoxy) is 1. The van der Waals surface area contributed by atoms with Crippen LogP contribution in [0.2, 0.25) is 0 Å². The van der Waals surface area contributed by atoms with Crippen LogP contribution >= 0.6 is 11.6 Å². The highest BCUT2D eigenvalue weighted by Gasteiger charge is 2.54. The molecule has 2 unspecified atom stereocenters. The van der Waals surface area contributed by atoms with Gasteiger partial charge in [-0.15, -0.1) is 11.6 Å². The van der Waals surface area contributed by atoms with Gasteiger partial charge in [0.25, 0.3) is 0 Å². The molecule has 0 bridgehead atoms. The molecule has 0 aromatic carbocycles. The van der Waals surface area contributed by atoms with Crippen LogP contribution in [0.25, 0.3) is 0 Å². The lowest BCUT2D eigenvalue weighted by Crippen LogP contribution is -2.17. The Morgan fingerprint density at radius 3 is 3.00 bits per heavy atom. The van der Waals surface area contributed by atoms with Crippen LogP contribution in [0, 0.1) is 5.92 Å². The quantitative estimate of drug-likeness (QED) is 0.453. The molecule has 46 valence electrons. The Morgan fingerprint density at radius 2 is 2.50 bits per heavy atom. The molecule has 1 aliphatic carbocycles. The molecule has 0 N–H and O–H groups in total. The molecule has 2 heteroatoms. The van der Waals surface area contributed by atoms with Crippen molar-refractivity contribution in [2.24, 2.45) is 5.92 Å². The maximum Gasteiger partial charge on any atom is 0.0523 e. The summed E-state index contributed by atoms with van der Waals surface area (Å²) in [6.45, 7) is 1.78. The lowest BCUT2D eigenvalue weighted by atomic mass is 10.2. The minimum atomic E-state index is 0.193. The first kappa shape index (κ1) is 5.07. The number of fused-ring (bicyclic) bond motifs is 1. The first-order valence-corrected chi connectivity index (χ1v) is 3.46. The zero-order chi connectivity index (χ0) is 5.61. The van der Waals surface area contributed by atoms with E-state index in [1.807, 2.05) is 0 Å². The van der Waals surface area contributed by atoms with E-state index in [9.17, 15) is 0 Å². The third-order valence-electron chi connectivity index (χ3n) is 2.14. The largest absolute Gasteiger partial charge is 0.381 e. The van der Waals surface area contributed by atoms with Crippen molar-refractivity contribution in [1.82, 2.24) is 0 Å². The molecule has 0 spiro atoms. The average Bonchev–Trinajstić information content (AvgIpc) is 2.39. The number of hydrogen-bond donors (Lipinski definition) is 0. The molecule has 1 saturated carbocycles. The molecule has 0 aromatic heterocycles. The fraction of sp³-hybridized carbons (Fsp3) is 1.00. The van der Waals surface area contributed by atoms with Crippen molar-refractivity contribution in [2.45, 2.75) is 17.7 Å². The lowest BCUT2D eigenvalue weighted by Gasteiger charge is -2.14. The van der Waals surface area contributed by atoms with Gasteiger partial charge in [0.15, 0.2) is 0 Å². The predicted molar refractivity (Wildman–Crippen MR) is 32.1 cm³/mol. The van der Waals surface area contributed by atoms with E-state index in [1.54, 1.807) is 0 Å². The van der Waals surface area contributed by atoms with Gasteiger partial charge in [-0.1, -0.05) is 0 Å². The van der Waals surface area contributed by atoms with Crippen LogP contribution in [0.4, 0.5) is 0 Å². The average molecular weight is 133 g/mol. The highest BCUT2D eigenvalue weighted by Crippen LogP contribution is 2.54. The summed E-state index contributed by atoms with van der Waals surface area (Å²) >= 11 is 6.07. The summed E-state index contributed by atoms with van der Waals surface area (Å²) in [5, 5.41) is 0. The third kappa shape index (κ3) is 0.579. The van der Waals surface area contributed by atoms with Gasteiger partial charge in [0.1, 0.15) is 0 Å². The van der Waals surface area contributed by atoms with E-state index in [0.29, 0.717) is 5.92 Å². The molecule has 2 aliphatic rings. The van der Waals surface area contributed by atoms with Crippen molar-refractivity contribution < 1.29 is 4.74 Å². The van der Waals surface area contributed by atoms with Crippen LogP contribution in [0.1, 0.15) is 12.8 Å². The zero-order valence-corrected chi connectivity index (χ0v) is 5.45. The zero-order valence-electron chi connectivity index (χ0n) is 4.69. The predicted octanol–water partition coefficient (Wildman–Crippen LogP) is 1.40. The van der Waals surface area contributed by atoms with Gasteiger partial charge in [0, 0.05) is 12.5 Å². The number of rotatable bonds is 0. The van der Waals surface area contributed by atoms with Gasteiger partial charge in [-0.25, -0.2) is 0 Å². The molecule has 2 fully saturated rings. The van der Waals surface area contributed by atoms with Gasteiger partial charge < -0.3 is 4.74 Å². The van der Waals surface area contributed by atoms with Crippen LogP contribution in [0.15, 0.2) is 0 Å². The minimum absolute atomic E-state index is 0.193. The van der Waals surface area contributed by atoms with E-state index in [4.69, 9.17) is 16.3 Å². The van der Waals surface area contributed by atoms with E-state index in [2.05, 4.69) is 0 Å². The SMILES string of the molecule is ClC12CCOCC1C2. The standard InChI is InChI=1S/C6H9ClO/c7-6-1-2-8-4-5(6)3-6/h5H,1-4H2. The topological polar surface area (TPSA) is 9.23 Å². The highest BCUT2D eigenvalue weighted by atomic mass is 35.5. The van der Waals surface area contributed by atoms with E-state index >= 15 is 0 Å². The Bertz CT molecular complexity index is 113. The van der Waals surface area contributed by atoms with Gasteiger partial charge >= 0.3 is 0 Å². The van der Waals surface area contributed by atoms with Crippen molar-refractivity contribution in [2.75, 3.05) is 13.2 Å². The fourth-order valence-corrected chi connectivity index (χ4v) is 1.66. The Balaban J connectivity index is 2.04. The summed E-state index contributed by atoms with van der Waals surface area (Å²) in [6.07, 6.45) is 2.26. The van der Waals surface area contributed by atoms with Gasteiger partial charge in [-0.2, -0.15) is 0 Å². The monoisotopic (exact) mass is 132 g/mol. The summed E-state index contributed by atoms with van der Waals surface area (Å²) < 4.78 is 5.20. The molecule has 2 atom stereocenters. The number of alkyl halides is 1. The van der Waals surface area contributed by atoms with Crippen molar-refractivity contribution in [3.8, 4) is 0 Å². The second kappa shape index (κ2) is 1.39. The molecule has 2 rings (SSSR count). The minimum Gasteiger partial charge on any atom is -0.381 e. The van der Waals surface area contributed by atoms with Crippen molar-refractivity contribution in [1.29, 1.82) is 0 Å². The molecule has 1 saturated heterocycles. The fourth-order valence-electron chi connectivity index (χ4n) is 1.33. The van der Waals surface area contributed by atoms with Crippen LogP contribution in [0.5, 0.6) is 0 Å². The molecule has 0 radical (unpaired) electrons. The van der Waals surface area contributed by atoms with Crippen LogP contribution in [-0.2, 0) is 4.74 Å². The molecule has 1 heterocycles. The lowest BCUT2D eigenvalue weighted by molar-refractivity contribution is 0.0935. The van der Waals surface area contributed by atoms with E-state index in [1.165, 1.54) is 6.42 Å². The first-order valence-electron chi connectivity index (χ1n) is 3.08. The highest BCUT2D eigenvalue weighted by molar-refractivity contribution is 6.26. The van der Waals surface area contributed by atoms with Crippen molar-refractivity contribution in [3.63, 3.8) is 0 Å². The van der Waals surface area contributed by atoms with Crippen LogP contribution < -0.4 is 0 Å². The second-order valence-electron chi connectivity index (χ2n) is 2.76. The summed E-state index contributed by atoms with van der Waals surface area (Å²) in [5.41, 5.74) is 0. The second-order valence-corrected chi connectivity index (χ2v) is 3.51. The summed E-state index contributed by atoms with van der Waals surface area (Å²) in [5.74, 6) is 0.693. The van der Waals surface area contributed by atoms with E-state index in [0.717, 1.165) is 19.6 Å². The number of halogens is 1. The maximum atomic E-state index is 6.07. The molecule has 8 heavy (non-hydrogen) atoms. The van der Waals surface area contributed by atoms with Crippen LogP contribution in [-0.4, -0.2) is 18.1 Å². The molecular formula is C6H9ClO. The summed E-state index contributed by atoms with van der Waals surface area (Å²) in [7, 11) is 0. The Morgan fingerprint density at radius 1 is 1.62 bits per heavy atom. The molecule has 1 nitrogen and oxygen atoms in total. The maximum absolute atomic E-state index is 6.07. The molecular weight excluding hydrogens is 124 g/mol. The van der Waals surface area contributed by atoms with Gasteiger partial charge in [0.05, 0.1) is 11.5 Å². The van der Waals surface area contributed by atoms with Gasteiger partial charge in [0.2, 0.25) is 0 Å². The van der Waals surface area contributed by atoms with Crippen LogP contribution in [0.3, 0.4) is 0 Å². The normalized spacial score (nSPS) is 52.9. The van der Waals surface area contributed by atoms with Crippen molar-refractivity contribution >= 4 is 11.6 Å². The van der Waals surface area contributed by atoms with Gasteiger partial charge in [-0.3, -0.25) is 0 Å². The summed E-state index contributed by atoms with van der Waals surface area (Å²) in [4.78, 5) is 0.193. The smallest absolute Gasteiger partial charge is 0.0523 e. The van der Waals surface area contributed by atoms with Gasteiger partial charge in [-0.05, 0) is 12.8 Å². The molecule has 0 aromatic rings. The number of hydrogen-bond acceptors (Lipinski definition) is 1. The van der Waals surface area contributed by atoms with E-state index in [-0.39, 0.29) is 4.87 Å². The Labute approximate surface area is 54.0 Å². The summed E-state index contributed by atoms with van der Waals surface area (Å²) in [6, 6.07) is 0.